The Kier molecular flexibility index (Phi) is 4.42. The number of benzene rings is 1. The minimum Gasteiger partial charge on any atom is -0.314 e. The largest absolute Gasteiger partial charge is 0.416 e. The molecule has 0 aromatic heterocycles. The molecule has 1 N–H and O–H groups in total. The van der Waals surface area contributed by atoms with Crippen LogP contribution in [-0.2, 0) is 6.18 Å². The summed E-state index contributed by atoms with van der Waals surface area (Å²) in [6, 6.07) is 4.31. The molecule has 1 heterocycles. The summed E-state index contributed by atoms with van der Waals surface area (Å²) in [6.45, 7) is 2.37. The van der Waals surface area contributed by atoms with Crippen molar-refractivity contribution in [3.63, 3.8) is 0 Å². The lowest BCUT2D eigenvalue weighted by molar-refractivity contribution is -0.137. The van der Waals surface area contributed by atoms with Crippen molar-refractivity contribution in [2.24, 2.45) is 0 Å². The van der Waals surface area contributed by atoms with E-state index in [0.717, 1.165) is 25.2 Å². The Labute approximate surface area is 109 Å². The molecule has 1 fully saturated rings. The summed E-state index contributed by atoms with van der Waals surface area (Å²) in [6.07, 6.45) is -4.35. The van der Waals surface area contributed by atoms with Crippen LogP contribution in [0.25, 0.3) is 0 Å². The molecule has 0 spiro atoms. The fraction of sp³-hybridized carbons (Fsp3) is 0.538. The Balaban J connectivity index is 2.14. The number of nitrogens with one attached hydrogen (secondary N) is 1. The van der Waals surface area contributed by atoms with Gasteiger partial charge in [0.1, 0.15) is 6.67 Å². The van der Waals surface area contributed by atoms with Crippen LogP contribution in [0.2, 0.25) is 0 Å². The van der Waals surface area contributed by atoms with Crippen LogP contribution in [0.1, 0.15) is 17.2 Å². The third-order valence-electron chi connectivity index (χ3n) is 3.36. The number of rotatable bonds is 3. The number of alkyl halides is 4. The van der Waals surface area contributed by atoms with Crippen LogP contribution >= 0.6 is 0 Å². The van der Waals surface area contributed by atoms with E-state index in [1.54, 1.807) is 0 Å². The van der Waals surface area contributed by atoms with Gasteiger partial charge < -0.3 is 5.32 Å². The maximum Gasteiger partial charge on any atom is 0.416 e. The molecule has 0 unspecified atom stereocenters. The highest BCUT2D eigenvalue weighted by atomic mass is 19.4. The van der Waals surface area contributed by atoms with Crippen molar-refractivity contribution in [1.29, 1.82) is 0 Å². The van der Waals surface area contributed by atoms with Gasteiger partial charge in [0, 0.05) is 26.2 Å². The third-order valence-corrected chi connectivity index (χ3v) is 3.36. The molecule has 0 saturated carbocycles. The zero-order valence-electron chi connectivity index (χ0n) is 10.4. The van der Waals surface area contributed by atoms with Gasteiger partial charge in [-0.2, -0.15) is 13.2 Å². The first-order chi connectivity index (χ1) is 9.02. The summed E-state index contributed by atoms with van der Waals surface area (Å²) in [5.74, 6) is 0. The first kappa shape index (κ1) is 14.3. The van der Waals surface area contributed by atoms with Crippen molar-refractivity contribution >= 4 is 0 Å². The van der Waals surface area contributed by atoms with E-state index in [1.165, 1.54) is 12.1 Å². The highest BCUT2D eigenvalue weighted by molar-refractivity contribution is 5.27. The number of hydrogen-bond donors (Lipinski definition) is 1. The molecule has 6 heteroatoms. The van der Waals surface area contributed by atoms with E-state index in [0.29, 0.717) is 18.7 Å². The zero-order valence-corrected chi connectivity index (χ0v) is 10.4. The van der Waals surface area contributed by atoms with Gasteiger partial charge in [0.15, 0.2) is 0 Å². The van der Waals surface area contributed by atoms with Crippen molar-refractivity contribution in [3.05, 3.63) is 35.4 Å². The Morgan fingerprint density at radius 3 is 2.16 bits per heavy atom. The molecule has 1 aromatic carbocycles. The summed E-state index contributed by atoms with van der Waals surface area (Å²) in [4.78, 5) is 1.96. The molecular weight excluding hydrogens is 260 g/mol. The van der Waals surface area contributed by atoms with Gasteiger partial charge in [-0.1, -0.05) is 12.1 Å². The van der Waals surface area contributed by atoms with Gasteiger partial charge in [0.25, 0.3) is 0 Å². The third kappa shape index (κ3) is 3.45. The lowest BCUT2D eigenvalue weighted by Crippen LogP contribution is -2.45. The predicted octanol–water partition coefficient (Wildman–Crippen LogP) is 2.62. The van der Waals surface area contributed by atoms with Crippen LogP contribution in [0.5, 0.6) is 0 Å². The monoisotopic (exact) mass is 276 g/mol. The molecule has 0 aliphatic carbocycles. The predicted molar refractivity (Wildman–Crippen MR) is 64.6 cm³/mol. The molecule has 0 radical (unpaired) electrons. The van der Waals surface area contributed by atoms with E-state index in [-0.39, 0.29) is 0 Å². The van der Waals surface area contributed by atoms with Crippen molar-refractivity contribution in [2.75, 3.05) is 32.9 Å². The first-order valence-electron chi connectivity index (χ1n) is 6.20. The Morgan fingerprint density at radius 1 is 1.11 bits per heavy atom. The maximum absolute atomic E-state index is 13.2. The molecule has 1 aromatic rings. The van der Waals surface area contributed by atoms with Crippen LogP contribution in [0.4, 0.5) is 17.6 Å². The normalized spacial score (nSPS) is 19.4. The topological polar surface area (TPSA) is 15.3 Å². The van der Waals surface area contributed by atoms with Crippen LogP contribution < -0.4 is 5.32 Å². The molecule has 19 heavy (non-hydrogen) atoms. The molecule has 1 atom stereocenters. The molecule has 0 amide bonds. The molecule has 0 bridgehead atoms. The minimum absolute atomic E-state index is 0.454. The van der Waals surface area contributed by atoms with Crippen molar-refractivity contribution in [1.82, 2.24) is 10.2 Å². The molecule has 2 nitrogen and oxygen atoms in total. The van der Waals surface area contributed by atoms with Gasteiger partial charge in [0.2, 0.25) is 0 Å². The van der Waals surface area contributed by atoms with Gasteiger partial charge in [-0.3, -0.25) is 4.90 Å². The molecule has 2 rings (SSSR count). The molecular formula is C13H16F4N2. The fourth-order valence-corrected chi connectivity index (χ4v) is 2.29. The van der Waals surface area contributed by atoms with E-state index in [1.807, 2.05) is 4.90 Å². The van der Waals surface area contributed by atoms with E-state index in [4.69, 9.17) is 0 Å². The second-order valence-corrected chi connectivity index (χ2v) is 4.58. The Bertz CT molecular complexity index is 396. The van der Waals surface area contributed by atoms with E-state index < -0.39 is 24.5 Å². The smallest absolute Gasteiger partial charge is 0.314 e. The van der Waals surface area contributed by atoms with Crippen molar-refractivity contribution < 1.29 is 17.6 Å². The van der Waals surface area contributed by atoms with Crippen LogP contribution in [0.3, 0.4) is 0 Å². The average molecular weight is 276 g/mol. The number of piperazine rings is 1. The molecule has 106 valence electrons. The maximum atomic E-state index is 13.2. The quantitative estimate of drug-likeness (QED) is 0.854. The Morgan fingerprint density at radius 2 is 1.68 bits per heavy atom. The van der Waals surface area contributed by atoms with E-state index >= 15 is 0 Å². The highest BCUT2D eigenvalue weighted by Gasteiger charge is 2.30. The molecule has 1 aliphatic heterocycles. The van der Waals surface area contributed by atoms with Gasteiger partial charge in [-0.15, -0.1) is 0 Å². The Hall–Kier alpha value is -1.14. The summed E-state index contributed by atoms with van der Waals surface area (Å²) < 4.78 is 50.6. The first-order valence-corrected chi connectivity index (χ1v) is 6.20. The van der Waals surface area contributed by atoms with Gasteiger partial charge in [-0.05, 0) is 17.7 Å². The van der Waals surface area contributed by atoms with Gasteiger partial charge in [0.05, 0.1) is 11.6 Å². The molecule has 1 aliphatic rings. The van der Waals surface area contributed by atoms with Gasteiger partial charge >= 0.3 is 6.18 Å². The van der Waals surface area contributed by atoms with Crippen LogP contribution in [0.15, 0.2) is 24.3 Å². The summed E-state index contributed by atoms with van der Waals surface area (Å²) >= 11 is 0. The number of hydrogen-bond acceptors (Lipinski definition) is 2. The van der Waals surface area contributed by atoms with Crippen molar-refractivity contribution in [3.8, 4) is 0 Å². The lowest BCUT2D eigenvalue weighted by atomic mass is 10.0. The van der Waals surface area contributed by atoms with E-state index in [9.17, 15) is 17.6 Å². The minimum atomic E-state index is -4.35. The van der Waals surface area contributed by atoms with E-state index in [2.05, 4.69) is 5.32 Å². The average Bonchev–Trinajstić information content (AvgIpc) is 2.40. The van der Waals surface area contributed by atoms with Crippen LogP contribution in [-0.4, -0.2) is 37.8 Å². The highest BCUT2D eigenvalue weighted by Crippen LogP contribution is 2.31. The standard InChI is InChI=1S/C13H16F4N2/c14-9-12(19-7-5-18-6-8-19)10-1-3-11(4-2-10)13(15,16)17/h1-4,12,18H,5-9H2/t12-/m1/s1. The SMILES string of the molecule is FC[C@H](c1ccc(C(F)(F)F)cc1)N1CCNCC1. The number of halogens is 4. The summed E-state index contributed by atoms with van der Waals surface area (Å²) in [5.41, 5.74) is -0.105. The van der Waals surface area contributed by atoms with Gasteiger partial charge in [-0.25, -0.2) is 4.39 Å². The van der Waals surface area contributed by atoms with Crippen molar-refractivity contribution in [2.45, 2.75) is 12.2 Å². The summed E-state index contributed by atoms with van der Waals surface area (Å²) in [7, 11) is 0. The second-order valence-electron chi connectivity index (χ2n) is 4.58. The number of nitrogens with zero attached hydrogens (tertiary/aromatic N) is 1. The summed E-state index contributed by atoms with van der Waals surface area (Å²) in [5, 5.41) is 3.16. The molecule has 1 saturated heterocycles. The van der Waals surface area contributed by atoms with Crippen LogP contribution in [0, 0.1) is 0 Å². The second kappa shape index (κ2) is 5.88. The zero-order chi connectivity index (χ0) is 13.9. The fourth-order valence-electron chi connectivity index (χ4n) is 2.29. The lowest BCUT2D eigenvalue weighted by Gasteiger charge is -2.33.